The van der Waals surface area contributed by atoms with Crippen LogP contribution in [0.1, 0.15) is 11.1 Å². The molecule has 0 aliphatic carbocycles. The maximum Gasteiger partial charge on any atom is 0.282 e. The van der Waals surface area contributed by atoms with E-state index in [-0.39, 0.29) is 10.2 Å². The third-order valence-electron chi connectivity index (χ3n) is 3.33. The topological polar surface area (TPSA) is 64.0 Å². The van der Waals surface area contributed by atoms with E-state index in [0.717, 1.165) is 5.56 Å². The van der Waals surface area contributed by atoms with E-state index in [1.54, 1.807) is 25.2 Å². The Morgan fingerprint density at radius 3 is 2.40 bits per heavy atom. The van der Waals surface area contributed by atoms with Crippen LogP contribution in [0.4, 0.5) is 5.69 Å². The van der Waals surface area contributed by atoms with Gasteiger partial charge in [-0.1, -0.05) is 47.7 Å². The van der Waals surface area contributed by atoms with Crippen molar-refractivity contribution in [3.63, 3.8) is 0 Å². The number of benzene rings is 2. The van der Waals surface area contributed by atoms with Crippen LogP contribution in [-0.4, -0.2) is 18.0 Å². The fourth-order valence-corrected chi connectivity index (χ4v) is 3.59. The van der Waals surface area contributed by atoms with Crippen molar-refractivity contribution < 1.29 is 8.42 Å². The highest BCUT2D eigenvalue weighted by molar-refractivity contribution is 7.92. The first-order valence-corrected chi connectivity index (χ1v) is 9.18. The predicted octanol–water partition coefficient (Wildman–Crippen LogP) is 3.27. The van der Waals surface area contributed by atoms with Crippen molar-refractivity contribution in [2.75, 3.05) is 4.72 Å². The molecule has 25 heavy (non-hydrogen) atoms. The molecule has 0 spiro atoms. The van der Waals surface area contributed by atoms with E-state index < -0.39 is 10.0 Å². The third-order valence-corrected chi connectivity index (χ3v) is 5.20. The number of rotatable bonds is 3. The lowest BCUT2D eigenvalue weighted by molar-refractivity contribution is 0.598. The zero-order valence-corrected chi connectivity index (χ0v) is 14.8. The van der Waals surface area contributed by atoms with Crippen LogP contribution < -0.4 is 4.72 Å². The molecule has 2 aromatic carbocycles. The van der Waals surface area contributed by atoms with Gasteiger partial charge in [0, 0.05) is 18.2 Å². The normalized spacial score (nSPS) is 10.8. The minimum atomic E-state index is -3.87. The highest BCUT2D eigenvalue weighted by Crippen LogP contribution is 2.22. The molecule has 0 fully saturated rings. The smallest absolute Gasteiger partial charge is 0.282 e. The number of nitrogens with zero attached hydrogens (tertiary/aromatic N) is 2. The quantitative estimate of drug-likeness (QED) is 0.718. The minimum Gasteiger partial charge on any atom is -0.324 e. The van der Waals surface area contributed by atoms with Gasteiger partial charge < -0.3 is 4.57 Å². The molecule has 0 aliphatic rings. The summed E-state index contributed by atoms with van der Waals surface area (Å²) in [4.78, 5) is 3.83. The van der Waals surface area contributed by atoms with Gasteiger partial charge in [0.05, 0.1) is 12.0 Å². The Morgan fingerprint density at radius 2 is 1.72 bits per heavy atom. The summed E-state index contributed by atoms with van der Waals surface area (Å²) in [6.45, 7) is 0. The van der Waals surface area contributed by atoms with Gasteiger partial charge in [0.1, 0.15) is 5.15 Å². The Labute approximate surface area is 151 Å². The van der Waals surface area contributed by atoms with E-state index in [2.05, 4.69) is 21.5 Å². The molecule has 0 radical (unpaired) electrons. The molecule has 0 atom stereocenters. The van der Waals surface area contributed by atoms with Crippen molar-refractivity contribution in [2.45, 2.75) is 5.03 Å². The van der Waals surface area contributed by atoms with E-state index in [1.165, 1.54) is 10.9 Å². The second kappa shape index (κ2) is 7.01. The van der Waals surface area contributed by atoms with Crippen molar-refractivity contribution in [1.29, 1.82) is 0 Å². The lowest BCUT2D eigenvalue weighted by Crippen LogP contribution is -2.14. The minimum absolute atomic E-state index is 0.0486. The molecule has 0 aliphatic heterocycles. The molecule has 3 rings (SSSR count). The fourth-order valence-electron chi connectivity index (χ4n) is 2.10. The average molecular weight is 372 g/mol. The number of hydrogen-bond donors (Lipinski definition) is 1. The van der Waals surface area contributed by atoms with Crippen molar-refractivity contribution in [3.8, 4) is 11.8 Å². The van der Waals surface area contributed by atoms with Crippen molar-refractivity contribution in [1.82, 2.24) is 9.55 Å². The molecule has 0 saturated heterocycles. The molecule has 1 heterocycles. The molecule has 0 amide bonds. The van der Waals surface area contributed by atoms with Crippen LogP contribution in [0.5, 0.6) is 0 Å². The monoisotopic (exact) mass is 371 g/mol. The van der Waals surface area contributed by atoms with Crippen LogP contribution >= 0.6 is 11.6 Å². The molecule has 0 unspecified atom stereocenters. The first kappa shape index (κ1) is 17.1. The zero-order valence-electron chi connectivity index (χ0n) is 13.3. The average Bonchev–Trinajstić information content (AvgIpc) is 2.94. The molecule has 7 heteroatoms. The van der Waals surface area contributed by atoms with Gasteiger partial charge >= 0.3 is 0 Å². The molecule has 126 valence electrons. The zero-order chi connectivity index (χ0) is 17.9. The SMILES string of the molecule is Cn1cnc(S(=O)(=O)Nc2cccc(C#Cc3ccccc3)c2)c1Cl. The summed E-state index contributed by atoms with van der Waals surface area (Å²) in [7, 11) is -2.25. The predicted molar refractivity (Wildman–Crippen MR) is 97.9 cm³/mol. The second-order valence-electron chi connectivity index (χ2n) is 5.25. The van der Waals surface area contributed by atoms with Gasteiger partial charge in [-0.15, -0.1) is 0 Å². The Balaban J connectivity index is 1.85. The molecule has 0 bridgehead atoms. The summed E-state index contributed by atoms with van der Waals surface area (Å²) in [5.74, 6) is 6.04. The molecule has 0 saturated carbocycles. The standard InChI is InChI=1S/C18H14ClN3O2S/c1-22-13-20-18(17(22)19)25(23,24)21-16-9-5-8-15(12-16)11-10-14-6-3-2-4-7-14/h2-9,12-13,21H,1H3. The highest BCUT2D eigenvalue weighted by atomic mass is 35.5. The van der Waals surface area contributed by atoms with Gasteiger partial charge in [-0.05, 0) is 30.3 Å². The number of nitrogens with one attached hydrogen (secondary N) is 1. The van der Waals surface area contributed by atoms with Crippen LogP contribution in [0.25, 0.3) is 0 Å². The van der Waals surface area contributed by atoms with Crippen LogP contribution in [-0.2, 0) is 17.1 Å². The number of anilines is 1. The van der Waals surface area contributed by atoms with Gasteiger partial charge in [-0.2, -0.15) is 8.42 Å². The maximum absolute atomic E-state index is 12.4. The lowest BCUT2D eigenvalue weighted by atomic mass is 10.2. The summed E-state index contributed by atoms with van der Waals surface area (Å²) in [6, 6.07) is 16.4. The largest absolute Gasteiger partial charge is 0.324 e. The van der Waals surface area contributed by atoms with Crippen molar-refractivity contribution in [3.05, 3.63) is 77.2 Å². The second-order valence-corrected chi connectivity index (χ2v) is 7.21. The van der Waals surface area contributed by atoms with Gasteiger partial charge in [-0.3, -0.25) is 4.72 Å². The highest BCUT2D eigenvalue weighted by Gasteiger charge is 2.22. The first-order chi connectivity index (χ1) is 12.0. The van der Waals surface area contributed by atoms with Crippen LogP contribution in [0.2, 0.25) is 5.15 Å². The number of imidazole rings is 1. The van der Waals surface area contributed by atoms with E-state index in [4.69, 9.17) is 11.6 Å². The van der Waals surface area contributed by atoms with Crippen LogP contribution in [0, 0.1) is 11.8 Å². The molecule has 3 aromatic rings. The van der Waals surface area contributed by atoms with Gasteiger partial charge in [0.15, 0.2) is 0 Å². The third kappa shape index (κ3) is 4.02. The Kier molecular flexibility index (Phi) is 4.79. The Morgan fingerprint density at radius 1 is 1.04 bits per heavy atom. The van der Waals surface area contributed by atoms with Crippen molar-refractivity contribution >= 4 is 27.3 Å². The molecule has 1 N–H and O–H groups in total. The molecular weight excluding hydrogens is 358 g/mol. The summed E-state index contributed by atoms with van der Waals surface area (Å²) in [5.41, 5.74) is 1.96. The number of hydrogen-bond acceptors (Lipinski definition) is 3. The van der Waals surface area contributed by atoms with Crippen LogP contribution in [0.15, 0.2) is 66.0 Å². The molecule has 5 nitrogen and oxygen atoms in total. The number of sulfonamides is 1. The van der Waals surface area contributed by atoms with Gasteiger partial charge in [0.2, 0.25) is 5.03 Å². The molecule has 1 aromatic heterocycles. The lowest BCUT2D eigenvalue weighted by Gasteiger charge is -2.06. The summed E-state index contributed by atoms with van der Waals surface area (Å²) in [6.07, 6.45) is 1.35. The molecular formula is C18H14ClN3O2S. The van der Waals surface area contributed by atoms with Gasteiger partial charge in [-0.25, -0.2) is 4.98 Å². The van der Waals surface area contributed by atoms with Crippen molar-refractivity contribution in [2.24, 2.45) is 7.05 Å². The van der Waals surface area contributed by atoms with Gasteiger partial charge in [0.25, 0.3) is 10.0 Å². The number of halogens is 1. The maximum atomic E-state index is 12.4. The Hall–Kier alpha value is -2.75. The summed E-state index contributed by atoms with van der Waals surface area (Å²) >= 11 is 5.97. The summed E-state index contributed by atoms with van der Waals surface area (Å²) in [5, 5.41) is -0.162. The van der Waals surface area contributed by atoms with E-state index >= 15 is 0 Å². The van der Waals surface area contributed by atoms with E-state index in [1.807, 2.05) is 36.4 Å². The number of aryl methyl sites for hydroxylation is 1. The van der Waals surface area contributed by atoms with Crippen LogP contribution in [0.3, 0.4) is 0 Å². The Bertz CT molecular complexity index is 1060. The van der Waals surface area contributed by atoms with E-state index in [9.17, 15) is 8.42 Å². The first-order valence-electron chi connectivity index (χ1n) is 7.32. The van der Waals surface area contributed by atoms with E-state index in [0.29, 0.717) is 11.3 Å². The summed E-state index contributed by atoms with van der Waals surface area (Å²) < 4.78 is 28.7. The fraction of sp³-hybridized carbons (Fsp3) is 0.0556. The number of aromatic nitrogens is 2.